The topological polar surface area (TPSA) is 153 Å². The van der Waals surface area contributed by atoms with E-state index in [4.69, 9.17) is 9.47 Å². The Bertz CT molecular complexity index is 2350. The maximum Gasteiger partial charge on any atom is 0.269 e. The number of aliphatic hydroxyl groups excluding tert-OH is 1. The van der Waals surface area contributed by atoms with Crippen LogP contribution in [0.5, 0.6) is 5.75 Å². The van der Waals surface area contributed by atoms with Crippen molar-refractivity contribution in [2.45, 2.75) is 76.0 Å². The smallest absolute Gasteiger partial charge is 0.269 e. The number of amides is 2. The molecule has 1 fully saturated rings. The number of aryl methyl sites for hydroxylation is 2. The summed E-state index contributed by atoms with van der Waals surface area (Å²) in [4.78, 5) is 44.0. The monoisotopic (exact) mass is 786 g/mol. The molecule has 1 N–H and O–H groups in total. The number of carbonyl (C=O) groups excluding carboxylic acids is 2. The second kappa shape index (κ2) is 15.0. The standard InChI is InChI=1S/C43H46N6O7Si/c1-28-41(57(3,4)35-16-14-34(55-2)15-17-35)39(20-22-46-27-31(21-23-50)44-45-46)56-43(28)36-25-33(49(53)54)13-18-38(36)47(42(43)52)26-29-8-7-10-32(24-29)48-37-11-6-5-9-30(37)12-19-40(48)51/h5-11,13-18,24-25,27-28,39,41,50H,12,19-23,26H2,1-4H3/t28-,39+,41-,43+/m1/s1. The van der Waals surface area contributed by atoms with Gasteiger partial charge in [0.2, 0.25) is 5.91 Å². The van der Waals surface area contributed by atoms with Gasteiger partial charge in [-0.05, 0) is 65.9 Å². The zero-order valence-corrected chi connectivity index (χ0v) is 33.5. The molecule has 0 bridgehead atoms. The number of nitrogens with zero attached hydrogens (tertiary/aromatic N) is 6. The molecule has 294 valence electrons. The van der Waals surface area contributed by atoms with Crippen LogP contribution >= 0.6 is 0 Å². The average molecular weight is 787 g/mol. The van der Waals surface area contributed by atoms with E-state index in [1.165, 1.54) is 17.3 Å². The molecule has 4 aromatic carbocycles. The lowest BCUT2D eigenvalue weighted by molar-refractivity contribution is -0.385. The van der Waals surface area contributed by atoms with Crippen LogP contribution in [-0.2, 0) is 45.9 Å². The van der Waals surface area contributed by atoms with Crippen molar-refractivity contribution in [3.63, 3.8) is 0 Å². The van der Waals surface area contributed by atoms with Crippen LogP contribution in [0.2, 0.25) is 18.6 Å². The van der Waals surface area contributed by atoms with Crippen molar-refractivity contribution in [1.29, 1.82) is 0 Å². The van der Waals surface area contributed by atoms with Gasteiger partial charge in [0, 0.05) is 61.5 Å². The summed E-state index contributed by atoms with van der Waals surface area (Å²) in [6, 6.07) is 28.3. The summed E-state index contributed by atoms with van der Waals surface area (Å²) in [5, 5.41) is 31.4. The first-order chi connectivity index (χ1) is 27.5. The van der Waals surface area contributed by atoms with Gasteiger partial charge in [-0.3, -0.25) is 29.3 Å². The number of ether oxygens (including phenoxy) is 2. The first-order valence-electron chi connectivity index (χ1n) is 19.4. The Morgan fingerprint density at radius 2 is 1.79 bits per heavy atom. The van der Waals surface area contributed by atoms with Crippen molar-refractivity contribution in [2.75, 3.05) is 23.5 Å². The molecule has 3 aliphatic rings. The molecule has 13 nitrogen and oxygen atoms in total. The number of hydrogen-bond acceptors (Lipinski definition) is 9. The second-order valence-electron chi connectivity index (χ2n) is 15.8. The molecule has 4 atom stereocenters. The van der Waals surface area contributed by atoms with Gasteiger partial charge in [-0.1, -0.05) is 72.9 Å². The van der Waals surface area contributed by atoms with E-state index in [0.29, 0.717) is 54.9 Å². The van der Waals surface area contributed by atoms with Gasteiger partial charge >= 0.3 is 0 Å². The second-order valence-corrected chi connectivity index (χ2v) is 20.5. The Morgan fingerprint density at radius 3 is 2.54 bits per heavy atom. The number of para-hydroxylation sites is 1. The average Bonchev–Trinajstić information content (AvgIpc) is 3.86. The largest absolute Gasteiger partial charge is 0.497 e. The lowest BCUT2D eigenvalue weighted by Crippen LogP contribution is -2.51. The van der Waals surface area contributed by atoms with Gasteiger partial charge in [0.15, 0.2) is 5.60 Å². The maximum atomic E-state index is 15.4. The predicted molar refractivity (Wildman–Crippen MR) is 218 cm³/mol. The van der Waals surface area contributed by atoms with Gasteiger partial charge in [-0.2, -0.15) is 0 Å². The SMILES string of the molecule is COc1ccc([Si](C)(C)[C@H]2[C@H](CCn3cc(CCO)nn3)O[C@@]3(C(=O)N(Cc4cccc(N5C(=O)CCc6ccccc65)c4)c4ccc([N+](=O)[O-])cc43)[C@@H]2C)cc1. The molecular weight excluding hydrogens is 741 g/mol. The van der Waals surface area contributed by atoms with E-state index in [1.54, 1.807) is 27.7 Å². The van der Waals surface area contributed by atoms with Gasteiger partial charge in [0.05, 0.1) is 49.8 Å². The normalized spacial score (nSPS) is 21.6. The number of aromatic nitrogens is 3. The molecular formula is C43H46N6O7Si. The van der Waals surface area contributed by atoms with E-state index in [0.717, 1.165) is 22.6 Å². The van der Waals surface area contributed by atoms with Crippen LogP contribution in [0.1, 0.15) is 42.1 Å². The Labute approximate surface area is 332 Å². The van der Waals surface area contributed by atoms with Crippen LogP contribution in [0.15, 0.2) is 97.2 Å². The molecule has 5 aromatic rings. The summed E-state index contributed by atoms with van der Waals surface area (Å²) >= 11 is 0. The molecule has 0 saturated carbocycles. The summed E-state index contributed by atoms with van der Waals surface area (Å²) in [5.74, 6) is 0.106. The molecule has 4 heterocycles. The van der Waals surface area contributed by atoms with Crippen molar-refractivity contribution in [3.05, 3.63) is 130 Å². The van der Waals surface area contributed by atoms with Crippen LogP contribution in [0.3, 0.4) is 0 Å². The summed E-state index contributed by atoms with van der Waals surface area (Å²) in [6.45, 7) is 7.23. The third-order valence-electron chi connectivity index (χ3n) is 12.2. The van der Waals surface area contributed by atoms with Crippen LogP contribution in [0.25, 0.3) is 0 Å². The van der Waals surface area contributed by atoms with E-state index < -0.39 is 24.7 Å². The Balaban J connectivity index is 1.19. The van der Waals surface area contributed by atoms with Crippen LogP contribution in [-0.4, -0.2) is 64.7 Å². The number of nitro groups is 1. The molecule has 0 unspecified atom stereocenters. The number of fused-ring (bicyclic) bond motifs is 3. The van der Waals surface area contributed by atoms with E-state index in [1.807, 2.05) is 66.9 Å². The van der Waals surface area contributed by atoms with E-state index in [9.17, 15) is 20.0 Å². The summed E-state index contributed by atoms with van der Waals surface area (Å²) in [5.41, 5.74) is 3.48. The molecule has 0 aliphatic carbocycles. The summed E-state index contributed by atoms with van der Waals surface area (Å²) in [7, 11) is -0.857. The minimum absolute atomic E-state index is 0.00382. The van der Waals surface area contributed by atoms with Crippen molar-refractivity contribution < 1.29 is 29.1 Å². The number of hydrogen-bond donors (Lipinski definition) is 1. The Hall–Kier alpha value is -5.70. The Morgan fingerprint density at radius 1 is 1.00 bits per heavy atom. The highest BCUT2D eigenvalue weighted by molar-refractivity contribution is 6.91. The van der Waals surface area contributed by atoms with Crippen molar-refractivity contribution in [3.8, 4) is 5.75 Å². The van der Waals surface area contributed by atoms with Crippen LogP contribution in [0.4, 0.5) is 22.7 Å². The number of carbonyl (C=O) groups is 2. The van der Waals surface area contributed by atoms with Gasteiger partial charge in [-0.15, -0.1) is 5.10 Å². The quantitative estimate of drug-likeness (QED) is 0.0886. The predicted octanol–water partition coefficient (Wildman–Crippen LogP) is 6.19. The molecule has 57 heavy (non-hydrogen) atoms. The number of nitro benzene ring substituents is 1. The molecule has 3 aliphatic heterocycles. The highest BCUT2D eigenvalue weighted by Crippen LogP contribution is 2.60. The zero-order chi connectivity index (χ0) is 40.1. The first-order valence-corrected chi connectivity index (χ1v) is 22.5. The lowest BCUT2D eigenvalue weighted by atomic mass is 9.82. The minimum Gasteiger partial charge on any atom is -0.497 e. The van der Waals surface area contributed by atoms with E-state index in [-0.39, 0.29) is 42.1 Å². The fourth-order valence-electron chi connectivity index (χ4n) is 9.47. The number of rotatable bonds is 12. The molecule has 1 saturated heterocycles. The minimum atomic E-state index is -2.49. The first kappa shape index (κ1) is 38.2. The molecule has 0 radical (unpaired) electrons. The number of methoxy groups -OCH3 is 1. The molecule has 8 rings (SSSR count). The fourth-order valence-corrected chi connectivity index (χ4v) is 13.5. The summed E-state index contributed by atoms with van der Waals surface area (Å²) < 4.78 is 14.4. The maximum absolute atomic E-state index is 15.4. The van der Waals surface area contributed by atoms with Crippen molar-refractivity contribution in [2.24, 2.45) is 5.92 Å². The van der Waals surface area contributed by atoms with Gasteiger partial charge in [0.1, 0.15) is 5.75 Å². The van der Waals surface area contributed by atoms with Crippen molar-refractivity contribution in [1.82, 2.24) is 15.0 Å². The van der Waals surface area contributed by atoms with E-state index >= 15 is 4.79 Å². The molecule has 1 aromatic heterocycles. The van der Waals surface area contributed by atoms with Gasteiger partial charge in [0.25, 0.3) is 11.6 Å². The van der Waals surface area contributed by atoms with Gasteiger partial charge in [-0.25, -0.2) is 0 Å². The number of anilines is 3. The highest BCUT2D eigenvalue weighted by Gasteiger charge is 2.66. The van der Waals surface area contributed by atoms with Crippen LogP contribution in [0, 0.1) is 16.0 Å². The lowest BCUT2D eigenvalue weighted by Gasteiger charge is -2.37. The number of aliphatic hydroxyl groups is 1. The Kier molecular flexibility index (Phi) is 10.0. The summed E-state index contributed by atoms with van der Waals surface area (Å²) in [6.07, 6.45) is 3.38. The number of benzene rings is 4. The van der Waals surface area contributed by atoms with Crippen molar-refractivity contribution >= 4 is 47.8 Å². The van der Waals surface area contributed by atoms with E-state index in [2.05, 4.69) is 42.5 Å². The fraction of sp³-hybridized carbons (Fsp3) is 0.349. The van der Waals surface area contributed by atoms with Gasteiger partial charge < -0.3 is 19.5 Å². The zero-order valence-electron chi connectivity index (χ0n) is 32.5. The number of non-ortho nitro benzene ring substituents is 1. The third-order valence-corrected chi connectivity index (χ3v) is 16.6. The third kappa shape index (κ3) is 6.60. The molecule has 14 heteroatoms. The highest BCUT2D eigenvalue weighted by atomic mass is 28.3. The van der Waals surface area contributed by atoms with Crippen LogP contribution < -0.4 is 19.7 Å². The molecule has 1 spiro atoms. The molecule has 2 amide bonds.